The third-order valence-corrected chi connectivity index (χ3v) is 3.81. The molecule has 2 N–H and O–H groups in total. The van der Waals surface area contributed by atoms with Gasteiger partial charge in [0.05, 0.1) is 10.0 Å². The second-order valence-corrected chi connectivity index (χ2v) is 5.52. The van der Waals surface area contributed by atoms with E-state index in [1.165, 1.54) is 7.05 Å². The normalized spacial score (nSPS) is 18.9. The first kappa shape index (κ1) is 15.9. The van der Waals surface area contributed by atoms with Crippen molar-refractivity contribution in [2.24, 2.45) is 0 Å². The topological polar surface area (TPSA) is 74.3 Å². The van der Waals surface area contributed by atoms with Gasteiger partial charge in [0, 0.05) is 20.0 Å². The fourth-order valence-electron chi connectivity index (χ4n) is 2.07. The lowest BCUT2D eigenvalue weighted by molar-refractivity contribution is -0.146. The second kappa shape index (κ2) is 6.49. The Morgan fingerprint density at radius 3 is 2.67 bits per heavy atom. The minimum absolute atomic E-state index is 0.179. The van der Waals surface area contributed by atoms with E-state index in [1.54, 1.807) is 6.07 Å². The maximum Gasteiger partial charge on any atom is 0.251 e. The highest BCUT2D eigenvalue weighted by molar-refractivity contribution is 6.37. The highest BCUT2D eigenvalue weighted by Gasteiger charge is 2.32. The van der Waals surface area contributed by atoms with Gasteiger partial charge < -0.3 is 10.6 Å². The summed E-state index contributed by atoms with van der Waals surface area (Å²) in [5.41, 5.74) is 0. The highest BCUT2D eigenvalue weighted by Crippen LogP contribution is 2.30. The number of anilines is 2. The van der Waals surface area contributed by atoms with E-state index in [9.17, 15) is 9.59 Å². The van der Waals surface area contributed by atoms with E-state index in [4.69, 9.17) is 23.2 Å². The molecule has 6 nitrogen and oxygen atoms in total. The van der Waals surface area contributed by atoms with Crippen LogP contribution < -0.4 is 10.6 Å². The molecule has 1 fully saturated rings. The molecule has 1 aromatic rings. The van der Waals surface area contributed by atoms with E-state index in [2.05, 4.69) is 15.6 Å². The molecule has 8 heteroatoms. The molecule has 1 saturated heterocycles. The minimum atomic E-state index is -0.520. The molecule has 1 unspecified atom stereocenters. The number of carbonyl (C=O) groups is 2. The number of amides is 2. The van der Waals surface area contributed by atoms with Gasteiger partial charge in [-0.3, -0.25) is 14.5 Å². The van der Waals surface area contributed by atoms with E-state index < -0.39 is 6.04 Å². The van der Waals surface area contributed by atoms with Gasteiger partial charge >= 0.3 is 0 Å². The molecule has 0 radical (unpaired) electrons. The van der Waals surface area contributed by atoms with Crippen LogP contribution in [-0.4, -0.2) is 41.3 Å². The molecule has 1 aliphatic heterocycles. The van der Waals surface area contributed by atoms with Gasteiger partial charge in [0.1, 0.15) is 17.7 Å². The number of hydrogen-bond acceptors (Lipinski definition) is 5. The van der Waals surface area contributed by atoms with Crippen molar-refractivity contribution in [1.29, 1.82) is 0 Å². The number of imide groups is 1. The lowest BCUT2D eigenvalue weighted by Crippen LogP contribution is -2.48. The number of nitrogens with zero attached hydrogens (tertiary/aromatic N) is 2. The molecule has 2 rings (SSSR count). The van der Waals surface area contributed by atoms with Gasteiger partial charge in [-0.15, -0.1) is 0 Å². The van der Waals surface area contributed by atoms with Crippen molar-refractivity contribution in [1.82, 2.24) is 9.88 Å². The molecular formula is C13H16Cl2N4O2. The smallest absolute Gasteiger partial charge is 0.251 e. The van der Waals surface area contributed by atoms with E-state index in [-0.39, 0.29) is 11.8 Å². The fraction of sp³-hybridized carbons (Fsp3) is 0.462. The Labute approximate surface area is 132 Å². The van der Waals surface area contributed by atoms with Crippen LogP contribution in [0, 0.1) is 0 Å². The molecule has 0 aliphatic carbocycles. The van der Waals surface area contributed by atoms with Crippen LogP contribution in [-0.2, 0) is 9.59 Å². The first-order valence-corrected chi connectivity index (χ1v) is 7.36. The van der Waals surface area contributed by atoms with Crippen LogP contribution in [0.25, 0.3) is 0 Å². The van der Waals surface area contributed by atoms with Crippen molar-refractivity contribution >= 4 is 46.7 Å². The van der Waals surface area contributed by atoms with Gasteiger partial charge in [0.25, 0.3) is 5.91 Å². The Kier molecular flexibility index (Phi) is 4.90. The molecule has 0 bridgehead atoms. The van der Waals surface area contributed by atoms with Gasteiger partial charge in [-0.05, 0) is 19.4 Å². The Hall–Kier alpha value is -1.53. The van der Waals surface area contributed by atoms with Crippen LogP contribution in [0.4, 0.5) is 11.6 Å². The quantitative estimate of drug-likeness (QED) is 0.829. The van der Waals surface area contributed by atoms with Gasteiger partial charge in [-0.1, -0.05) is 23.2 Å². The standard InChI is InChI=1S/C13H16Cl2N4O2/c1-3-16-11-7(14)6-8(15)12(18-11)17-9-4-5-10(20)19(2)13(9)21/h6,9H,3-5H2,1-2H3,(H2,16,17,18). The van der Waals surface area contributed by atoms with E-state index in [1.807, 2.05) is 6.92 Å². The number of likely N-dealkylation sites (N-methyl/N-ethyl adjacent to an activating group) is 1. The van der Waals surface area contributed by atoms with E-state index >= 15 is 0 Å². The Bertz CT molecular complexity index is 580. The summed E-state index contributed by atoms with van der Waals surface area (Å²) in [4.78, 5) is 28.9. The van der Waals surface area contributed by atoms with Gasteiger partial charge in [0.15, 0.2) is 0 Å². The van der Waals surface area contributed by atoms with E-state index in [0.29, 0.717) is 41.1 Å². The van der Waals surface area contributed by atoms with Crippen molar-refractivity contribution < 1.29 is 9.59 Å². The first-order chi connectivity index (χ1) is 9.93. The number of aromatic nitrogens is 1. The zero-order valence-electron chi connectivity index (χ0n) is 11.7. The number of pyridine rings is 1. The number of rotatable bonds is 4. The van der Waals surface area contributed by atoms with Gasteiger partial charge in [0.2, 0.25) is 5.91 Å². The van der Waals surface area contributed by atoms with Crippen LogP contribution in [0.1, 0.15) is 19.8 Å². The Morgan fingerprint density at radius 1 is 1.33 bits per heavy atom. The van der Waals surface area contributed by atoms with Crippen LogP contribution >= 0.6 is 23.2 Å². The third-order valence-electron chi connectivity index (χ3n) is 3.23. The number of piperidine rings is 1. The first-order valence-electron chi connectivity index (χ1n) is 6.61. The fourth-order valence-corrected chi connectivity index (χ4v) is 2.55. The lowest BCUT2D eigenvalue weighted by atomic mass is 10.0. The van der Waals surface area contributed by atoms with E-state index in [0.717, 1.165) is 4.90 Å². The number of likely N-dealkylation sites (tertiary alicyclic amines) is 1. The summed E-state index contributed by atoms with van der Waals surface area (Å²) in [6.07, 6.45) is 0.727. The van der Waals surface area contributed by atoms with Crippen molar-refractivity contribution in [2.75, 3.05) is 24.2 Å². The summed E-state index contributed by atoms with van der Waals surface area (Å²) in [5.74, 6) is 0.405. The zero-order valence-corrected chi connectivity index (χ0v) is 13.3. The molecule has 0 saturated carbocycles. The van der Waals surface area contributed by atoms with Crippen LogP contribution in [0.15, 0.2) is 6.07 Å². The van der Waals surface area contributed by atoms with Crippen LogP contribution in [0.2, 0.25) is 10.0 Å². The van der Waals surface area contributed by atoms with Crippen LogP contribution in [0.3, 0.4) is 0 Å². The molecule has 0 aromatic carbocycles. The minimum Gasteiger partial charge on any atom is -0.369 e. The Balaban J connectivity index is 2.21. The number of halogens is 2. The average molecular weight is 331 g/mol. The number of nitrogens with one attached hydrogen (secondary N) is 2. The van der Waals surface area contributed by atoms with Crippen molar-refractivity contribution in [3.63, 3.8) is 0 Å². The highest BCUT2D eigenvalue weighted by atomic mass is 35.5. The SMILES string of the molecule is CCNc1nc(NC2CCC(=O)N(C)C2=O)c(Cl)cc1Cl. The molecule has 2 heterocycles. The Morgan fingerprint density at radius 2 is 2.00 bits per heavy atom. The molecule has 1 aromatic heterocycles. The molecule has 1 atom stereocenters. The van der Waals surface area contributed by atoms with Crippen LogP contribution in [0.5, 0.6) is 0 Å². The summed E-state index contributed by atoms with van der Waals surface area (Å²) >= 11 is 12.1. The maximum atomic E-state index is 12.1. The lowest BCUT2D eigenvalue weighted by Gasteiger charge is -2.28. The summed E-state index contributed by atoms with van der Waals surface area (Å²) in [7, 11) is 1.47. The largest absolute Gasteiger partial charge is 0.369 e. The molecular weight excluding hydrogens is 315 g/mol. The molecule has 0 spiro atoms. The predicted octanol–water partition coefficient (Wildman–Crippen LogP) is 2.38. The third kappa shape index (κ3) is 3.39. The average Bonchev–Trinajstić information content (AvgIpc) is 2.44. The zero-order chi connectivity index (χ0) is 15.6. The molecule has 1 aliphatic rings. The number of carbonyl (C=O) groups excluding carboxylic acids is 2. The van der Waals surface area contributed by atoms with Gasteiger partial charge in [-0.2, -0.15) is 0 Å². The number of hydrogen-bond donors (Lipinski definition) is 2. The van der Waals surface area contributed by atoms with Gasteiger partial charge in [-0.25, -0.2) is 4.98 Å². The summed E-state index contributed by atoms with van der Waals surface area (Å²) in [6, 6.07) is 1.05. The maximum absolute atomic E-state index is 12.1. The van der Waals surface area contributed by atoms with Crippen molar-refractivity contribution in [2.45, 2.75) is 25.8 Å². The summed E-state index contributed by atoms with van der Waals surface area (Å²) in [5, 5.41) is 6.75. The molecule has 114 valence electrons. The predicted molar refractivity (Wildman–Crippen MR) is 82.8 cm³/mol. The van der Waals surface area contributed by atoms with Crippen molar-refractivity contribution in [3.8, 4) is 0 Å². The van der Waals surface area contributed by atoms with Crippen molar-refractivity contribution in [3.05, 3.63) is 16.1 Å². The monoisotopic (exact) mass is 330 g/mol. The molecule has 2 amide bonds. The molecule has 21 heavy (non-hydrogen) atoms. The summed E-state index contributed by atoms with van der Waals surface area (Å²) in [6.45, 7) is 2.58. The summed E-state index contributed by atoms with van der Waals surface area (Å²) < 4.78 is 0. The second-order valence-electron chi connectivity index (χ2n) is 4.71.